The van der Waals surface area contributed by atoms with Gasteiger partial charge in [-0.1, -0.05) is 12.1 Å². The lowest BCUT2D eigenvalue weighted by Gasteiger charge is -2.26. The van der Waals surface area contributed by atoms with Crippen molar-refractivity contribution >= 4 is 15.9 Å². The summed E-state index contributed by atoms with van der Waals surface area (Å²) in [5.74, 6) is -5.36. The monoisotopic (exact) mass is 372 g/mol. The van der Waals surface area contributed by atoms with Gasteiger partial charge in [0.2, 0.25) is 10.0 Å². The number of nitrogens with two attached hydrogens (primary N) is 1. The number of nitrogens with zero attached hydrogens (tertiary/aromatic N) is 1. The van der Waals surface area contributed by atoms with Gasteiger partial charge in [-0.15, -0.1) is 0 Å². The summed E-state index contributed by atoms with van der Waals surface area (Å²) in [6.45, 7) is 1.59. The molecule has 0 aliphatic heterocycles. The number of carbonyl (C=O) groups is 1. The number of halogens is 3. The van der Waals surface area contributed by atoms with Crippen molar-refractivity contribution < 1.29 is 26.4 Å². The van der Waals surface area contributed by atoms with E-state index >= 15 is 0 Å². The molecule has 0 fully saturated rings. The SMILES string of the molecule is CC(c1cccc(S(N)(=O)=O)c1)N(C)C(=O)c1cc(F)c(F)c(F)c1. The quantitative estimate of drug-likeness (QED) is 0.838. The Kier molecular flexibility index (Phi) is 5.19. The van der Waals surface area contributed by atoms with Crippen LogP contribution in [0, 0.1) is 17.5 Å². The fourth-order valence-corrected chi connectivity index (χ4v) is 2.80. The second kappa shape index (κ2) is 6.85. The minimum Gasteiger partial charge on any atom is -0.335 e. The van der Waals surface area contributed by atoms with Gasteiger partial charge in [-0.25, -0.2) is 26.7 Å². The molecule has 1 unspecified atom stereocenters. The van der Waals surface area contributed by atoms with Crippen LogP contribution in [0.1, 0.15) is 28.9 Å². The van der Waals surface area contributed by atoms with Crippen LogP contribution in [-0.2, 0) is 10.0 Å². The molecule has 0 spiro atoms. The van der Waals surface area contributed by atoms with E-state index < -0.39 is 39.4 Å². The maximum atomic E-state index is 13.3. The van der Waals surface area contributed by atoms with E-state index in [1.54, 1.807) is 13.0 Å². The fraction of sp³-hybridized carbons (Fsp3) is 0.188. The number of carbonyl (C=O) groups excluding carboxylic acids is 1. The summed E-state index contributed by atoms with van der Waals surface area (Å²) in [6, 6.07) is 6.21. The van der Waals surface area contributed by atoms with E-state index in [1.807, 2.05) is 0 Å². The van der Waals surface area contributed by atoms with Crippen LogP contribution in [0.4, 0.5) is 13.2 Å². The zero-order valence-electron chi connectivity index (χ0n) is 13.3. The number of rotatable bonds is 4. The van der Waals surface area contributed by atoms with Gasteiger partial charge in [0.15, 0.2) is 17.5 Å². The van der Waals surface area contributed by atoms with E-state index in [9.17, 15) is 26.4 Å². The van der Waals surface area contributed by atoms with Crippen LogP contribution in [0.25, 0.3) is 0 Å². The smallest absolute Gasteiger partial charge is 0.254 e. The molecule has 134 valence electrons. The first-order valence-electron chi connectivity index (χ1n) is 7.07. The summed E-state index contributed by atoms with van der Waals surface area (Å²) < 4.78 is 62.5. The molecule has 2 N–H and O–H groups in total. The third-order valence-electron chi connectivity index (χ3n) is 3.80. The van der Waals surface area contributed by atoms with Crippen molar-refractivity contribution in [3.8, 4) is 0 Å². The molecule has 25 heavy (non-hydrogen) atoms. The Morgan fingerprint density at radius 3 is 2.20 bits per heavy atom. The number of primary sulfonamides is 1. The maximum Gasteiger partial charge on any atom is 0.254 e. The van der Waals surface area contributed by atoms with Gasteiger partial charge in [0.05, 0.1) is 10.9 Å². The third-order valence-corrected chi connectivity index (χ3v) is 4.71. The predicted octanol–water partition coefficient (Wildman–Crippen LogP) is 2.58. The van der Waals surface area contributed by atoms with Crippen molar-refractivity contribution in [2.75, 3.05) is 7.05 Å². The van der Waals surface area contributed by atoms with E-state index in [2.05, 4.69) is 0 Å². The predicted molar refractivity (Wildman–Crippen MR) is 84.6 cm³/mol. The van der Waals surface area contributed by atoms with Crippen molar-refractivity contribution in [1.29, 1.82) is 0 Å². The number of benzene rings is 2. The Bertz CT molecular complexity index is 909. The van der Waals surface area contributed by atoms with Crippen LogP contribution in [0.2, 0.25) is 0 Å². The Morgan fingerprint density at radius 1 is 1.12 bits per heavy atom. The number of sulfonamides is 1. The molecule has 0 bridgehead atoms. The molecule has 0 saturated carbocycles. The molecule has 9 heteroatoms. The summed E-state index contributed by atoms with van der Waals surface area (Å²) in [5, 5.41) is 5.07. The standard InChI is InChI=1S/C16H15F3N2O3S/c1-9(10-4-3-5-12(6-10)25(20,23)24)21(2)16(22)11-7-13(17)15(19)14(18)8-11/h3-9H,1-2H3,(H2,20,23,24). The highest BCUT2D eigenvalue weighted by atomic mass is 32.2. The van der Waals surface area contributed by atoms with Gasteiger partial charge < -0.3 is 4.90 Å². The Balaban J connectivity index is 2.34. The van der Waals surface area contributed by atoms with Gasteiger partial charge in [-0.2, -0.15) is 0 Å². The van der Waals surface area contributed by atoms with Crippen molar-refractivity contribution in [3.63, 3.8) is 0 Å². The van der Waals surface area contributed by atoms with E-state index in [0.717, 1.165) is 4.90 Å². The van der Waals surface area contributed by atoms with Gasteiger partial charge >= 0.3 is 0 Å². The highest BCUT2D eigenvalue weighted by molar-refractivity contribution is 7.89. The normalized spacial score (nSPS) is 12.7. The van der Waals surface area contributed by atoms with E-state index in [4.69, 9.17) is 5.14 Å². The molecule has 2 aromatic rings. The minimum atomic E-state index is -3.92. The van der Waals surface area contributed by atoms with E-state index in [0.29, 0.717) is 17.7 Å². The average Bonchev–Trinajstić information content (AvgIpc) is 2.56. The molecule has 0 aliphatic rings. The Morgan fingerprint density at radius 2 is 1.68 bits per heavy atom. The lowest BCUT2D eigenvalue weighted by Crippen LogP contribution is -2.30. The van der Waals surface area contributed by atoms with Crippen molar-refractivity contribution in [2.24, 2.45) is 5.14 Å². The van der Waals surface area contributed by atoms with Crippen LogP contribution in [0.5, 0.6) is 0 Å². The zero-order chi connectivity index (χ0) is 18.9. The number of hydrogen-bond donors (Lipinski definition) is 1. The first kappa shape index (κ1) is 18.9. The summed E-state index contributed by atoms with van der Waals surface area (Å²) in [5.41, 5.74) is 0.0822. The molecule has 0 heterocycles. The summed E-state index contributed by atoms with van der Waals surface area (Å²) in [4.78, 5) is 13.4. The van der Waals surface area contributed by atoms with Gasteiger partial charge in [-0.05, 0) is 36.8 Å². The molecule has 2 rings (SSSR count). The van der Waals surface area contributed by atoms with Crippen LogP contribution in [-0.4, -0.2) is 26.3 Å². The molecular weight excluding hydrogens is 357 g/mol. The Labute approximate surface area is 142 Å². The maximum absolute atomic E-state index is 13.3. The molecule has 0 aromatic heterocycles. The first-order valence-corrected chi connectivity index (χ1v) is 8.61. The third kappa shape index (κ3) is 3.99. The van der Waals surface area contributed by atoms with Crippen molar-refractivity contribution in [2.45, 2.75) is 17.9 Å². The lowest BCUT2D eigenvalue weighted by molar-refractivity contribution is 0.0741. The summed E-state index contributed by atoms with van der Waals surface area (Å²) in [7, 11) is -2.55. The van der Waals surface area contributed by atoms with Crippen LogP contribution < -0.4 is 5.14 Å². The van der Waals surface area contributed by atoms with Gasteiger partial charge in [0.25, 0.3) is 5.91 Å². The molecule has 1 atom stereocenters. The minimum absolute atomic E-state index is 0.128. The van der Waals surface area contributed by atoms with Gasteiger partial charge in [0, 0.05) is 12.6 Å². The highest BCUT2D eigenvalue weighted by Gasteiger charge is 2.22. The number of hydrogen-bond acceptors (Lipinski definition) is 3. The van der Waals surface area contributed by atoms with E-state index in [-0.39, 0.29) is 10.5 Å². The summed E-state index contributed by atoms with van der Waals surface area (Å²) in [6.07, 6.45) is 0. The zero-order valence-corrected chi connectivity index (χ0v) is 14.1. The topological polar surface area (TPSA) is 80.5 Å². The van der Waals surface area contributed by atoms with Crippen molar-refractivity contribution in [3.05, 3.63) is 65.0 Å². The van der Waals surface area contributed by atoms with Crippen molar-refractivity contribution in [1.82, 2.24) is 4.90 Å². The van der Waals surface area contributed by atoms with Crippen LogP contribution in [0.15, 0.2) is 41.3 Å². The van der Waals surface area contributed by atoms with Gasteiger partial charge in [0.1, 0.15) is 0 Å². The molecular formula is C16H15F3N2O3S. The molecule has 0 saturated heterocycles. The molecule has 5 nitrogen and oxygen atoms in total. The first-order chi connectivity index (χ1) is 11.5. The van der Waals surface area contributed by atoms with Crippen LogP contribution >= 0.6 is 0 Å². The molecule has 2 aromatic carbocycles. The average molecular weight is 372 g/mol. The largest absolute Gasteiger partial charge is 0.335 e. The van der Waals surface area contributed by atoms with Crippen LogP contribution in [0.3, 0.4) is 0 Å². The lowest BCUT2D eigenvalue weighted by atomic mass is 10.1. The second-order valence-corrected chi connectivity index (χ2v) is 7.02. The Hall–Kier alpha value is -2.39. The van der Waals surface area contributed by atoms with E-state index in [1.165, 1.54) is 25.2 Å². The molecule has 1 amide bonds. The highest BCUT2D eigenvalue weighted by Crippen LogP contribution is 2.24. The second-order valence-electron chi connectivity index (χ2n) is 5.46. The molecule has 0 radical (unpaired) electrons. The summed E-state index contributed by atoms with van der Waals surface area (Å²) >= 11 is 0. The van der Waals surface area contributed by atoms with Gasteiger partial charge in [-0.3, -0.25) is 4.79 Å². The fourth-order valence-electron chi connectivity index (χ4n) is 2.23. The number of amides is 1. The molecule has 0 aliphatic carbocycles.